The maximum atomic E-state index is 12.7. The lowest BCUT2D eigenvalue weighted by molar-refractivity contribution is 0.0737. The summed E-state index contributed by atoms with van der Waals surface area (Å²) in [5.74, 6) is 0.770. The minimum atomic E-state index is 0.140. The largest absolute Gasteiger partial charge is 0.334 e. The number of fused-ring (bicyclic) bond motifs is 1. The predicted molar refractivity (Wildman–Crippen MR) is 77.2 cm³/mol. The number of likely N-dealkylation sites (tertiary alicyclic amines) is 1. The van der Waals surface area contributed by atoms with Gasteiger partial charge in [0.2, 0.25) is 0 Å². The maximum Gasteiger partial charge on any atom is 0.254 e. The van der Waals surface area contributed by atoms with Gasteiger partial charge in [-0.2, -0.15) is 0 Å². The van der Waals surface area contributed by atoms with Gasteiger partial charge in [-0.05, 0) is 36.6 Å². The van der Waals surface area contributed by atoms with Gasteiger partial charge in [-0.1, -0.05) is 0 Å². The van der Waals surface area contributed by atoms with Crippen LogP contribution in [0, 0.1) is 5.92 Å². The smallest absolute Gasteiger partial charge is 0.254 e. The molecule has 1 aromatic heterocycles. The Bertz CT molecular complexity index is 637. The van der Waals surface area contributed by atoms with Crippen LogP contribution in [0.1, 0.15) is 16.8 Å². The summed E-state index contributed by atoms with van der Waals surface area (Å²) < 4.78 is 1.82. The molecule has 6 nitrogen and oxygen atoms in total. The summed E-state index contributed by atoms with van der Waals surface area (Å²) in [6, 6.07) is 7.99. The first-order chi connectivity index (χ1) is 10.3. The lowest BCUT2D eigenvalue weighted by Gasteiger charge is -2.23. The fraction of sp³-hybridized carbons (Fsp3) is 0.400. The molecule has 2 fully saturated rings. The van der Waals surface area contributed by atoms with Gasteiger partial charge in [-0.25, -0.2) is 0 Å². The molecular weight excluding hydrogens is 266 g/mol. The van der Waals surface area contributed by atoms with Crippen molar-refractivity contribution in [3.63, 3.8) is 0 Å². The van der Waals surface area contributed by atoms with Crippen LogP contribution in [0.5, 0.6) is 0 Å². The van der Waals surface area contributed by atoms with E-state index in [4.69, 9.17) is 0 Å². The Hall–Kier alpha value is -2.21. The quantitative estimate of drug-likeness (QED) is 0.881. The molecule has 0 radical (unpaired) electrons. The molecule has 0 bridgehead atoms. The number of nitrogens with zero attached hydrogens (tertiary/aromatic N) is 4. The highest BCUT2D eigenvalue weighted by Crippen LogP contribution is 2.28. The molecule has 0 saturated carbocycles. The van der Waals surface area contributed by atoms with Crippen LogP contribution in [0.2, 0.25) is 0 Å². The highest BCUT2D eigenvalue weighted by atomic mass is 16.2. The number of carbonyl (C=O) groups is 1. The van der Waals surface area contributed by atoms with Crippen molar-refractivity contribution in [2.45, 2.75) is 12.5 Å². The van der Waals surface area contributed by atoms with Crippen molar-refractivity contribution >= 4 is 5.91 Å². The lowest BCUT2D eigenvalue weighted by Crippen LogP contribution is -2.39. The molecule has 2 aliphatic rings. The molecule has 2 saturated heterocycles. The Labute approximate surface area is 122 Å². The molecule has 6 heteroatoms. The molecule has 1 aromatic carbocycles. The summed E-state index contributed by atoms with van der Waals surface area (Å²) >= 11 is 0. The minimum absolute atomic E-state index is 0.140. The molecule has 1 amide bonds. The second kappa shape index (κ2) is 4.96. The van der Waals surface area contributed by atoms with Gasteiger partial charge >= 0.3 is 0 Å². The number of hydrogen-bond acceptors (Lipinski definition) is 4. The van der Waals surface area contributed by atoms with Crippen molar-refractivity contribution < 1.29 is 4.79 Å². The normalized spacial score (nSPS) is 24.3. The predicted octanol–water partition coefficient (Wildman–Crippen LogP) is 0.701. The van der Waals surface area contributed by atoms with Crippen LogP contribution in [0.4, 0.5) is 0 Å². The first-order valence-electron chi connectivity index (χ1n) is 7.30. The summed E-state index contributed by atoms with van der Waals surface area (Å²) in [4.78, 5) is 14.7. The monoisotopic (exact) mass is 283 g/mol. The molecular formula is C15H17N5O. The van der Waals surface area contributed by atoms with E-state index in [-0.39, 0.29) is 5.91 Å². The third-order valence-corrected chi connectivity index (χ3v) is 4.54. The fourth-order valence-electron chi connectivity index (χ4n) is 3.38. The van der Waals surface area contributed by atoms with Gasteiger partial charge in [0.25, 0.3) is 5.91 Å². The van der Waals surface area contributed by atoms with E-state index in [9.17, 15) is 4.79 Å². The molecule has 3 heterocycles. The third-order valence-electron chi connectivity index (χ3n) is 4.54. The lowest BCUT2D eigenvalue weighted by atomic mass is 10.0. The van der Waals surface area contributed by atoms with Crippen molar-refractivity contribution in [3.05, 3.63) is 42.5 Å². The molecule has 2 atom stereocenters. The second-order valence-corrected chi connectivity index (χ2v) is 5.69. The van der Waals surface area contributed by atoms with Gasteiger partial charge in [-0.3, -0.25) is 9.36 Å². The molecule has 2 aliphatic heterocycles. The maximum absolute atomic E-state index is 12.7. The van der Waals surface area contributed by atoms with Crippen LogP contribution >= 0.6 is 0 Å². The third kappa shape index (κ3) is 2.12. The zero-order chi connectivity index (χ0) is 14.2. The number of aromatic nitrogens is 3. The molecule has 2 aromatic rings. The number of amides is 1. The minimum Gasteiger partial charge on any atom is -0.334 e. The van der Waals surface area contributed by atoms with Crippen molar-refractivity contribution in [3.8, 4) is 5.69 Å². The first-order valence-corrected chi connectivity index (χ1v) is 7.30. The van der Waals surface area contributed by atoms with Crippen molar-refractivity contribution in [1.29, 1.82) is 0 Å². The molecule has 0 spiro atoms. The topological polar surface area (TPSA) is 63.1 Å². The van der Waals surface area contributed by atoms with Gasteiger partial charge < -0.3 is 10.2 Å². The summed E-state index contributed by atoms with van der Waals surface area (Å²) in [5, 5.41) is 10.9. The summed E-state index contributed by atoms with van der Waals surface area (Å²) in [5.41, 5.74) is 1.71. The van der Waals surface area contributed by atoms with Gasteiger partial charge in [0.05, 0.1) is 0 Å². The zero-order valence-electron chi connectivity index (χ0n) is 11.6. The Morgan fingerprint density at radius 1 is 1.14 bits per heavy atom. The average Bonchev–Trinajstić information content (AvgIpc) is 3.24. The van der Waals surface area contributed by atoms with Crippen LogP contribution in [-0.4, -0.2) is 51.2 Å². The van der Waals surface area contributed by atoms with Crippen molar-refractivity contribution in [2.75, 3.05) is 19.6 Å². The van der Waals surface area contributed by atoms with Gasteiger partial charge in [-0.15, -0.1) is 10.2 Å². The summed E-state index contributed by atoms with van der Waals surface area (Å²) in [7, 11) is 0. The standard InChI is InChI=1S/C15H17N5O/c21-15(20-6-5-12-7-16-8-14(12)20)11-1-3-13(4-2-11)19-9-17-18-10-19/h1-4,9-10,12,14,16H,5-8H2. The number of nitrogens with one attached hydrogen (secondary N) is 1. The highest BCUT2D eigenvalue weighted by Gasteiger charge is 2.39. The fourth-order valence-corrected chi connectivity index (χ4v) is 3.38. The highest BCUT2D eigenvalue weighted by molar-refractivity contribution is 5.94. The Morgan fingerprint density at radius 2 is 1.90 bits per heavy atom. The van der Waals surface area contributed by atoms with Crippen LogP contribution in [0.25, 0.3) is 5.69 Å². The number of carbonyl (C=O) groups excluding carboxylic acids is 1. The van der Waals surface area contributed by atoms with Crippen LogP contribution in [0.3, 0.4) is 0 Å². The number of rotatable bonds is 2. The van der Waals surface area contributed by atoms with Crippen LogP contribution in [0.15, 0.2) is 36.9 Å². The van der Waals surface area contributed by atoms with E-state index in [0.29, 0.717) is 12.0 Å². The molecule has 21 heavy (non-hydrogen) atoms. The number of benzene rings is 1. The zero-order valence-corrected chi connectivity index (χ0v) is 11.6. The van der Waals surface area contributed by atoms with E-state index in [1.807, 2.05) is 33.7 Å². The van der Waals surface area contributed by atoms with E-state index in [1.54, 1.807) is 12.7 Å². The average molecular weight is 283 g/mol. The first kappa shape index (κ1) is 12.5. The number of hydrogen-bond donors (Lipinski definition) is 1. The molecule has 2 unspecified atom stereocenters. The van der Waals surface area contributed by atoms with Crippen molar-refractivity contribution in [2.24, 2.45) is 5.92 Å². The molecule has 4 rings (SSSR count). The Morgan fingerprint density at radius 3 is 2.67 bits per heavy atom. The van der Waals surface area contributed by atoms with E-state index < -0.39 is 0 Å². The van der Waals surface area contributed by atoms with E-state index in [2.05, 4.69) is 15.5 Å². The van der Waals surface area contributed by atoms with E-state index in [0.717, 1.165) is 37.3 Å². The van der Waals surface area contributed by atoms with Gasteiger partial charge in [0.15, 0.2) is 0 Å². The van der Waals surface area contributed by atoms with E-state index in [1.165, 1.54) is 0 Å². The van der Waals surface area contributed by atoms with Crippen LogP contribution in [-0.2, 0) is 0 Å². The van der Waals surface area contributed by atoms with Crippen LogP contribution < -0.4 is 5.32 Å². The second-order valence-electron chi connectivity index (χ2n) is 5.69. The molecule has 1 N–H and O–H groups in total. The van der Waals surface area contributed by atoms with Gasteiger partial charge in [0, 0.05) is 36.9 Å². The van der Waals surface area contributed by atoms with Crippen molar-refractivity contribution in [1.82, 2.24) is 25.0 Å². The SMILES string of the molecule is O=C(c1ccc(-n2cnnc2)cc1)N1CCC2CNCC21. The van der Waals surface area contributed by atoms with E-state index >= 15 is 0 Å². The van der Waals surface area contributed by atoms with Gasteiger partial charge in [0.1, 0.15) is 12.7 Å². The summed E-state index contributed by atoms with van der Waals surface area (Å²) in [6.45, 7) is 2.85. The summed E-state index contributed by atoms with van der Waals surface area (Å²) in [6.07, 6.45) is 4.40. The molecule has 0 aliphatic carbocycles. The molecule has 108 valence electrons. The Kier molecular flexibility index (Phi) is 2.96. The Balaban J connectivity index is 1.55.